The SMILES string of the molecule is C=CCC[C@@H]1CCC[C@@]1(C)O. The molecule has 1 fully saturated rings. The van der Waals surface area contributed by atoms with Crippen LogP contribution in [0.4, 0.5) is 0 Å². The van der Waals surface area contributed by atoms with Crippen LogP contribution in [0.5, 0.6) is 0 Å². The van der Waals surface area contributed by atoms with Crippen molar-refractivity contribution < 1.29 is 5.11 Å². The first-order chi connectivity index (χ1) is 5.17. The maximum absolute atomic E-state index is 9.85. The first-order valence-corrected chi connectivity index (χ1v) is 4.50. The van der Waals surface area contributed by atoms with Crippen LogP contribution in [0, 0.1) is 5.92 Å². The number of rotatable bonds is 3. The average Bonchev–Trinajstić information content (AvgIpc) is 2.25. The fraction of sp³-hybridized carbons (Fsp3) is 0.800. The molecule has 0 saturated heterocycles. The van der Waals surface area contributed by atoms with Gasteiger partial charge in [0.15, 0.2) is 0 Å². The summed E-state index contributed by atoms with van der Waals surface area (Å²) in [5.74, 6) is 0.514. The lowest BCUT2D eigenvalue weighted by atomic mass is 9.89. The normalized spacial score (nSPS) is 37.5. The summed E-state index contributed by atoms with van der Waals surface area (Å²) >= 11 is 0. The molecule has 0 unspecified atom stereocenters. The molecule has 0 heterocycles. The summed E-state index contributed by atoms with van der Waals surface area (Å²) in [6.45, 7) is 5.65. The zero-order chi connectivity index (χ0) is 8.32. The van der Waals surface area contributed by atoms with Crippen LogP contribution in [0.2, 0.25) is 0 Å². The van der Waals surface area contributed by atoms with Gasteiger partial charge in [0.1, 0.15) is 0 Å². The minimum Gasteiger partial charge on any atom is -0.390 e. The summed E-state index contributed by atoms with van der Waals surface area (Å²) in [6, 6.07) is 0. The molecule has 0 spiro atoms. The van der Waals surface area contributed by atoms with Crippen LogP contribution >= 0.6 is 0 Å². The maximum Gasteiger partial charge on any atom is 0.0647 e. The zero-order valence-corrected chi connectivity index (χ0v) is 7.34. The highest BCUT2D eigenvalue weighted by Gasteiger charge is 2.35. The molecule has 1 aliphatic rings. The third-order valence-corrected chi connectivity index (χ3v) is 2.83. The second-order valence-electron chi connectivity index (χ2n) is 3.81. The van der Waals surface area contributed by atoms with Crippen molar-refractivity contribution in [3.8, 4) is 0 Å². The quantitative estimate of drug-likeness (QED) is 0.619. The molecular weight excluding hydrogens is 136 g/mol. The highest BCUT2D eigenvalue weighted by Crippen LogP contribution is 2.37. The number of hydrogen-bond acceptors (Lipinski definition) is 1. The van der Waals surface area contributed by atoms with E-state index in [1.165, 1.54) is 12.8 Å². The third-order valence-electron chi connectivity index (χ3n) is 2.83. The first-order valence-electron chi connectivity index (χ1n) is 4.50. The van der Waals surface area contributed by atoms with Gasteiger partial charge in [0.25, 0.3) is 0 Å². The Morgan fingerprint density at radius 2 is 2.45 bits per heavy atom. The van der Waals surface area contributed by atoms with E-state index >= 15 is 0 Å². The predicted molar refractivity (Wildman–Crippen MR) is 47.4 cm³/mol. The summed E-state index contributed by atoms with van der Waals surface area (Å²) in [4.78, 5) is 0. The molecule has 0 aromatic heterocycles. The van der Waals surface area contributed by atoms with Crippen LogP contribution in [-0.2, 0) is 0 Å². The Kier molecular flexibility index (Phi) is 2.72. The number of allylic oxidation sites excluding steroid dienone is 1. The molecule has 0 radical (unpaired) electrons. The summed E-state index contributed by atoms with van der Waals surface area (Å²) < 4.78 is 0. The van der Waals surface area contributed by atoms with Crippen LogP contribution in [-0.4, -0.2) is 10.7 Å². The van der Waals surface area contributed by atoms with Gasteiger partial charge >= 0.3 is 0 Å². The molecule has 0 aliphatic heterocycles. The molecule has 0 bridgehead atoms. The van der Waals surface area contributed by atoms with Gasteiger partial charge in [0, 0.05) is 0 Å². The Morgan fingerprint density at radius 3 is 2.91 bits per heavy atom. The molecule has 1 N–H and O–H groups in total. The lowest BCUT2D eigenvalue weighted by Crippen LogP contribution is -2.28. The second-order valence-corrected chi connectivity index (χ2v) is 3.81. The molecule has 1 aliphatic carbocycles. The standard InChI is InChI=1S/C10H18O/c1-3-4-6-9-7-5-8-10(9,2)11/h3,9,11H,1,4-8H2,2H3/t9-,10-/m1/s1. The third kappa shape index (κ3) is 2.06. The predicted octanol–water partition coefficient (Wildman–Crippen LogP) is 2.50. The van der Waals surface area contributed by atoms with E-state index in [2.05, 4.69) is 6.58 Å². The van der Waals surface area contributed by atoms with Crippen molar-refractivity contribution in [2.24, 2.45) is 5.92 Å². The van der Waals surface area contributed by atoms with Crippen molar-refractivity contribution in [1.29, 1.82) is 0 Å². The molecule has 0 aromatic rings. The van der Waals surface area contributed by atoms with E-state index in [1.54, 1.807) is 0 Å². The molecule has 0 amide bonds. The van der Waals surface area contributed by atoms with Gasteiger partial charge in [0.05, 0.1) is 5.60 Å². The van der Waals surface area contributed by atoms with Crippen LogP contribution in [0.1, 0.15) is 39.0 Å². The fourth-order valence-electron chi connectivity index (χ4n) is 2.00. The molecule has 1 heteroatoms. The second kappa shape index (κ2) is 3.40. The minimum atomic E-state index is -0.386. The molecule has 1 nitrogen and oxygen atoms in total. The monoisotopic (exact) mass is 154 g/mol. The molecule has 64 valence electrons. The van der Waals surface area contributed by atoms with Gasteiger partial charge in [0.2, 0.25) is 0 Å². The van der Waals surface area contributed by atoms with E-state index in [0.717, 1.165) is 19.3 Å². The first kappa shape index (κ1) is 8.79. The van der Waals surface area contributed by atoms with Gasteiger partial charge in [-0.25, -0.2) is 0 Å². The van der Waals surface area contributed by atoms with Gasteiger partial charge in [-0.2, -0.15) is 0 Å². The lowest BCUT2D eigenvalue weighted by molar-refractivity contribution is 0.0183. The van der Waals surface area contributed by atoms with Crippen LogP contribution < -0.4 is 0 Å². The Bertz CT molecular complexity index is 138. The highest BCUT2D eigenvalue weighted by molar-refractivity contribution is 4.89. The summed E-state index contributed by atoms with van der Waals surface area (Å²) in [5.41, 5.74) is -0.386. The number of aliphatic hydroxyl groups is 1. The molecule has 0 aromatic carbocycles. The van der Waals surface area contributed by atoms with Crippen LogP contribution in [0.15, 0.2) is 12.7 Å². The van der Waals surface area contributed by atoms with E-state index in [4.69, 9.17) is 0 Å². The average molecular weight is 154 g/mol. The Labute approximate surface area is 69.1 Å². The van der Waals surface area contributed by atoms with Crippen LogP contribution in [0.3, 0.4) is 0 Å². The van der Waals surface area contributed by atoms with Crippen molar-refractivity contribution in [2.75, 3.05) is 0 Å². The van der Waals surface area contributed by atoms with Gasteiger partial charge in [-0.15, -0.1) is 6.58 Å². The van der Waals surface area contributed by atoms with E-state index in [0.29, 0.717) is 5.92 Å². The molecule has 1 rings (SSSR count). The largest absolute Gasteiger partial charge is 0.390 e. The van der Waals surface area contributed by atoms with Gasteiger partial charge < -0.3 is 5.11 Å². The smallest absolute Gasteiger partial charge is 0.0647 e. The van der Waals surface area contributed by atoms with Gasteiger partial charge in [-0.3, -0.25) is 0 Å². The summed E-state index contributed by atoms with van der Waals surface area (Å²) in [6.07, 6.45) is 7.45. The van der Waals surface area contributed by atoms with E-state index in [-0.39, 0.29) is 5.60 Å². The summed E-state index contributed by atoms with van der Waals surface area (Å²) in [5, 5.41) is 9.85. The molecular formula is C10H18O. The fourth-order valence-corrected chi connectivity index (χ4v) is 2.00. The highest BCUT2D eigenvalue weighted by atomic mass is 16.3. The van der Waals surface area contributed by atoms with Crippen molar-refractivity contribution in [2.45, 2.75) is 44.6 Å². The van der Waals surface area contributed by atoms with Crippen molar-refractivity contribution >= 4 is 0 Å². The van der Waals surface area contributed by atoms with Crippen molar-refractivity contribution in [3.05, 3.63) is 12.7 Å². The van der Waals surface area contributed by atoms with Crippen LogP contribution in [0.25, 0.3) is 0 Å². The van der Waals surface area contributed by atoms with Gasteiger partial charge in [-0.1, -0.05) is 12.5 Å². The van der Waals surface area contributed by atoms with Crippen molar-refractivity contribution in [3.63, 3.8) is 0 Å². The topological polar surface area (TPSA) is 20.2 Å². The Balaban J connectivity index is 2.38. The zero-order valence-electron chi connectivity index (χ0n) is 7.34. The van der Waals surface area contributed by atoms with E-state index in [1.807, 2.05) is 13.0 Å². The Hall–Kier alpha value is -0.300. The van der Waals surface area contributed by atoms with Gasteiger partial charge in [-0.05, 0) is 38.5 Å². The number of hydrogen-bond donors (Lipinski definition) is 1. The maximum atomic E-state index is 9.85. The molecule has 1 saturated carbocycles. The minimum absolute atomic E-state index is 0.386. The van der Waals surface area contributed by atoms with E-state index in [9.17, 15) is 5.11 Å². The molecule has 11 heavy (non-hydrogen) atoms. The van der Waals surface area contributed by atoms with E-state index < -0.39 is 0 Å². The Morgan fingerprint density at radius 1 is 1.73 bits per heavy atom. The summed E-state index contributed by atoms with van der Waals surface area (Å²) in [7, 11) is 0. The lowest BCUT2D eigenvalue weighted by Gasteiger charge is -2.24. The molecule has 2 atom stereocenters. The van der Waals surface area contributed by atoms with Crippen molar-refractivity contribution in [1.82, 2.24) is 0 Å².